The fourth-order valence-corrected chi connectivity index (χ4v) is 3.30. The Labute approximate surface area is 150 Å². The number of nitrogens with zero attached hydrogens (tertiary/aromatic N) is 1. The molecule has 0 aliphatic rings. The largest absolute Gasteiger partial charge is 0.431 e. The van der Waals surface area contributed by atoms with Crippen LogP contribution in [0.25, 0.3) is 22.0 Å². The maximum atomic E-state index is 6.17. The van der Waals surface area contributed by atoms with E-state index in [0.29, 0.717) is 12.2 Å². The van der Waals surface area contributed by atoms with E-state index in [1.165, 1.54) is 27.6 Å². The molecule has 0 fully saturated rings. The Bertz CT molecular complexity index is 839. The highest BCUT2D eigenvalue weighted by Crippen LogP contribution is 2.32. The fraction of sp³-hybridized carbons (Fsp3) is 0.158. The summed E-state index contributed by atoms with van der Waals surface area (Å²) in [5.74, 6) is 0.599. The number of benzene rings is 2. The standard InChI is InChI=1S/C19H19IN2O/c1-13(23-20)18(21)11-15-12-22(2)19-16(9-6-10-17(15)19)14-7-4-3-5-8-14/h3-10,12,18H,1,11,21H2,2H3. The molecule has 3 rings (SSSR count). The van der Waals surface area contributed by atoms with Crippen LogP contribution in [0.1, 0.15) is 5.56 Å². The van der Waals surface area contributed by atoms with Crippen LogP contribution in [0.4, 0.5) is 0 Å². The van der Waals surface area contributed by atoms with Gasteiger partial charge in [-0.25, -0.2) is 0 Å². The van der Waals surface area contributed by atoms with Crippen LogP contribution < -0.4 is 5.73 Å². The maximum absolute atomic E-state index is 6.17. The van der Waals surface area contributed by atoms with E-state index in [1.54, 1.807) is 0 Å². The van der Waals surface area contributed by atoms with Gasteiger partial charge in [0, 0.05) is 24.2 Å². The number of aromatic nitrogens is 1. The van der Waals surface area contributed by atoms with E-state index in [0.717, 1.165) is 0 Å². The zero-order valence-electron chi connectivity index (χ0n) is 13.0. The molecule has 1 atom stereocenters. The van der Waals surface area contributed by atoms with Crippen molar-refractivity contribution in [3.05, 3.63) is 72.6 Å². The van der Waals surface area contributed by atoms with Crippen LogP contribution in [0.15, 0.2) is 67.1 Å². The number of aryl methyl sites for hydroxylation is 1. The van der Waals surface area contributed by atoms with Crippen molar-refractivity contribution >= 4 is 33.9 Å². The number of para-hydroxylation sites is 1. The van der Waals surface area contributed by atoms with Crippen molar-refractivity contribution < 1.29 is 3.07 Å². The van der Waals surface area contributed by atoms with Crippen LogP contribution in [0.5, 0.6) is 0 Å². The lowest BCUT2D eigenvalue weighted by Crippen LogP contribution is -2.24. The van der Waals surface area contributed by atoms with Crippen molar-refractivity contribution in [2.75, 3.05) is 0 Å². The summed E-state index contributed by atoms with van der Waals surface area (Å²) in [6, 6.07) is 16.6. The smallest absolute Gasteiger partial charge is 0.192 e. The molecule has 0 amide bonds. The van der Waals surface area contributed by atoms with Crippen molar-refractivity contribution in [2.45, 2.75) is 12.5 Å². The Kier molecular flexibility index (Phi) is 4.73. The molecule has 4 heteroatoms. The first-order chi connectivity index (χ1) is 11.1. The van der Waals surface area contributed by atoms with Gasteiger partial charge in [0.15, 0.2) is 23.0 Å². The Morgan fingerprint density at radius 2 is 1.96 bits per heavy atom. The van der Waals surface area contributed by atoms with Crippen molar-refractivity contribution in [2.24, 2.45) is 12.8 Å². The first-order valence-electron chi connectivity index (χ1n) is 7.47. The van der Waals surface area contributed by atoms with Gasteiger partial charge in [0.05, 0.1) is 11.6 Å². The second-order valence-electron chi connectivity index (χ2n) is 5.69. The predicted molar refractivity (Wildman–Crippen MR) is 104 cm³/mol. The molecule has 23 heavy (non-hydrogen) atoms. The van der Waals surface area contributed by atoms with Crippen LogP contribution in [0.2, 0.25) is 0 Å². The molecular weight excluding hydrogens is 399 g/mol. The summed E-state index contributed by atoms with van der Waals surface area (Å²) >= 11 is 1.82. The predicted octanol–water partition coefficient (Wildman–Crippen LogP) is 4.60. The highest BCUT2D eigenvalue weighted by atomic mass is 127. The highest BCUT2D eigenvalue weighted by Gasteiger charge is 2.16. The number of nitrogens with two attached hydrogens (primary N) is 1. The first kappa shape index (κ1) is 16.1. The second-order valence-corrected chi connectivity index (χ2v) is 6.13. The Morgan fingerprint density at radius 1 is 1.22 bits per heavy atom. The van der Waals surface area contributed by atoms with E-state index in [1.807, 2.05) is 29.1 Å². The quantitative estimate of drug-likeness (QED) is 0.486. The van der Waals surface area contributed by atoms with Gasteiger partial charge in [0.2, 0.25) is 0 Å². The van der Waals surface area contributed by atoms with Crippen LogP contribution in [-0.2, 0) is 16.5 Å². The van der Waals surface area contributed by atoms with Gasteiger partial charge in [0.25, 0.3) is 0 Å². The van der Waals surface area contributed by atoms with E-state index in [4.69, 9.17) is 8.80 Å². The molecule has 0 radical (unpaired) electrons. The van der Waals surface area contributed by atoms with Gasteiger partial charge in [0.1, 0.15) is 5.76 Å². The van der Waals surface area contributed by atoms with Crippen LogP contribution in [-0.4, -0.2) is 10.6 Å². The summed E-state index contributed by atoms with van der Waals surface area (Å²) in [5.41, 5.74) is 11.1. The molecular formula is C19H19IN2O. The Morgan fingerprint density at radius 3 is 2.65 bits per heavy atom. The lowest BCUT2D eigenvalue weighted by molar-refractivity contribution is 0.489. The Hall–Kier alpha value is -1.79. The van der Waals surface area contributed by atoms with Gasteiger partial charge < -0.3 is 13.4 Å². The average Bonchev–Trinajstić information content (AvgIpc) is 2.91. The highest BCUT2D eigenvalue weighted by molar-refractivity contribution is 14.1. The molecule has 1 heterocycles. The molecule has 0 aliphatic carbocycles. The number of rotatable bonds is 5. The molecule has 1 unspecified atom stereocenters. The van der Waals surface area contributed by atoms with Gasteiger partial charge in [-0.2, -0.15) is 0 Å². The summed E-state index contributed by atoms with van der Waals surface area (Å²) in [4.78, 5) is 0. The monoisotopic (exact) mass is 418 g/mol. The van der Waals surface area contributed by atoms with Crippen LogP contribution in [0, 0.1) is 0 Å². The summed E-state index contributed by atoms with van der Waals surface area (Å²) in [5, 5.41) is 1.23. The molecule has 118 valence electrons. The van der Waals surface area contributed by atoms with Gasteiger partial charge in [-0.3, -0.25) is 0 Å². The molecule has 0 aliphatic heterocycles. The topological polar surface area (TPSA) is 40.2 Å². The maximum Gasteiger partial charge on any atom is 0.192 e. The van der Waals surface area contributed by atoms with Gasteiger partial charge >= 0.3 is 0 Å². The number of halogens is 1. The van der Waals surface area contributed by atoms with E-state index in [9.17, 15) is 0 Å². The molecule has 0 saturated carbocycles. The van der Waals surface area contributed by atoms with Crippen molar-refractivity contribution in [1.82, 2.24) is 4.57 Å². The third kappa shape index (κ3) is 3.14. The molecule has 3 nitrogen and oxygen atoms in total. The third-order valence-electron chi connectivity index (χ3n) is 4.12. The number of hydrogen-bond donors (Lipinski definition) is 1. The molecule has 0 bridgehead atoms. The van der Waals surface area contributed by atoms with E-state index < -0.39 is 0 Å². The normalized spacial score (nSPS) is 12.3. The summed E-state index contributed by atoms with van der Waals surface area (Å²) in [7, 11) is 2.08. The van der Waals surface area contributed by atoms with Gasteiger partial charge in [-0.1, -0.05) is 55.1 Å². The molecule has 2 N–H and O–H groups in total. The number of fused-ring (bicyclic) bond motifs is 1. The third-order valence-corrected chi connectivity index (χ3v) is 4.69. The summed E-state index contributed by atoms with van der Waals surface area (Å²) in [6.45, 7) is 3.86. The van der Waals surface area contributed by atoms with Crippen molar-refractivity contribution in [3.63, 3.8) is 0 Å². The van der Waals surface area contributed by atoms with E-state index in [-0.39, 0.29) is 6.04 Å². The minimum Gasteiger partial charge on any atom is -0.431 e. The zero-order valence-corrected chi connectivity index (χ0v) is 15.2. The van der Waals surface area contributed by atoms with Crippen molar-refractivity contribution in [3.8, 4) is 11.1 Å². The SMILES string of the molecule is C=C(OI)C(N)Cc1cn(C)c2c(-c3ccccc3)cccc12. The molecule has 0 spiro atoms. The fourth-order valence-electron chi connectivity index (χ4n) is 2.97. The number of hydrogen-bond acceptors (Lipinski definition) is 2. The lowest BCUT2D eigenvalue weighted by atomic mass is 9.99. The minimum atomic E-state index is -0.210. The summed E-state index contributed by atoms with van der Waals surface area (Å²) in [6.07, 6.45) is 2.86. The minimum absolute atomic E-state index is 0.210. The zero-order chi connectivity index (χ0) is 16.4. The molecule has 3 aromatic rings. The van der Waals surface area contributed by atoms with Crippen LogP contribution >= 0.6 is 23.0 Å². The molecule has 2 aromatic carbocycles. The Balaban J connectivity index is 2.09. The van der Waals surface area contributed by atoms with Crippen LogP contribution in [0.3, 0.4) is 0 Å². The van der Waals surface area contributed by atoms with Crippen molar-refractivity contribution in [1.29, 1.82) is 0 Å². The summed E-state index contributed by atoms with van der Waals surface area (Å²) < 4.78 is 7.31. The average molecular weight is 418 g/mol. The second kappa shape index (κ2) is 6.76. The van der Waals surface area contributed by atoms with Gasteiger partial charge in [-0.15, -0.1) is 0 Å². The molecule has 0 saturated heterocycles. The van der Waals surface area contributed by atoms with E-state index in [2.05, 4.69) is 66.9 Å². The van der Waals surface area contributed by atoms with E-state index >= 15 is 0 Å². The van der Waals surface area contributed by atoms with Gasteiger partial charge in [-0.05, 0) is 17.5 Å². The molecule has 1 aromatic heterocycles. The first-order valence-corrected chi connectivity index (χ1v) is 8.35. The lowest BCUT2D eigenvalue weighted by Gasteiger charge is -2.11.